The quantitative estimate of drug-likeness (QED) is 0.681. The lowest BCUT2D eigenvalue weighted by Gasteiger charge is -2.07. The molecule has 0 aromatic heterocycles. The zero-order valence-electron chi connectivity index (χ0n) is 8.03. The fourth-order valence-electron chi connectivity index (χ4n) is 1.27. The number of rotatable bonds is 2. The molecule has 4 nitrogen and oxygen atoms in total. The summed E-state index contributed by atoms with van der Waals surface area (Å²) in [6.45, 7) is 0. The van der Waals surface area contributed by atoms with E-state index in [1.165, 1.54) is 12.1 Å². The van der Waals surface area contributed by atoms with E-state index < -0.39 is 11.8 Å². The van der Waals surface area contributed by atoms with E-state index >= 15 is 0 Å². The number of carbonyl (C=O) groups is 1. The van der Waals surface area contributed by atoms with Gasteiger partial charge < -0.3 is 16.4 Å². The Hall–Kier alpha value is -1.62. The summed E-state index contributed by atoms with van der Waals surface area (Å²) in [6.07, 6.45) is 0.782. The Bertz CT molecular complexity index is 383. The summed E-state index contributed by atoms with van der Waals surface area (Å²) in [5, 5.41) is 5.06. The minimum atomic E-state index is -0.451. The minimum Gasteiger partial charge on any atom is -0.334 e. The highest BCUT2D eigenvalue weighted by molar-refractivity contribution is 5.89. The van der Waals surface area contributed by atoms with Crippen molar-refractivity contribution in [2.75, 3.05) is 5.32 Å². The molecule has 1 aromatic carbocycles. The van der Waals surface area contributed by atoms with Gasteiger partial charge in [-0.05, 0) is 18.6 Å². The van der Waals surface area contributed by atoms with E-state index in [0.717, 1.165) is 6.42 Å². The molecule has 1 aromatic rings. The Morgan fingerprint density at radius 3 is 2.73 bits per heavy atom. The van der Waals surface area contributed by atoms with E-state index in [0.29, 0.717) is 0 Å². The van der Waals surface area contributed by atoms with E-state index in [9.17, 15) is 9.18 Å². The average Bonchev–Trinajstić information content (AvgIpc) is 2.86. The number of urea groups is 1. The van der Waals surface area contributed by atoms with Gasteiger partial charge in [0, 0.05) is 12.1 Å². The second-order valence-electron chi connectivity index (χ2n) is 3.58. The van der Waals surface area contributed by atoms with Gasteiger partial charge in [0.25, 0.3) is 0 Å². The number of anilines is 1. The van der Waals surface area contributed by atoms with Gasteiger partial charge in [-0.15, -0.1) is 0 Å². The average molecular weight is 209 g/mol. The van der Waals surface area contributed by atoms with E-state index in [4.69, 9.17) is 5.73 Å². The zero-order chi connectivity index (χ0) is 10.8. The zero-order valence-corrected chi connectivity index (χ0v) is 8.03. The number of hydrogen-bond acceptors (Lipinski definition) is 2. The van der Waals surface area contributed by atoms with Crippen molar-refractivity contribution in [1.82, 2.24) is 5.32 Å². The van der Waals surface area contributed by atoms with Gasteiger partial charge in [-0.3, -0.25) is 0 Å². The van der Waals surface area contributed by atoms with E-state index in [1.807, 2.05) is 0 Å². The lowest BCUT2D eigenvalue weighted by molar-refractivity contribution is 0.251. The molecule has 0 spiro atoms. The summed E-state index contributed by atoms with van der Waals surface area (Å²) in [4.78, 5) is 11.3. The van der Waals surface area contributed by atoms with Crippen molar-refractivity contribution in [1.29, 1.82) is 0 Å². The molecular weight excluding hydrogens is 197 g/mol. The summed E-state index contributed by atoms with van der Waals surface area (Å²) in [6, 6.07) is 5.66. The summed E-state index contributed by atoms with van der Waals surface area (Å²) in [5.74, 6) is -0.451. The highest BCUT2D eigenvalue weighted by Gasteiger charge is 2.34. The maximum atomic E-state index is 13.1. The highest BCUT2D eigenvalue weighted by Crippen LogP contribution is 2.18. The second-order valence-corrected chi connectivity index (χ2v) is 3.58. The third-order valence-electron chi connectivity index (χ3n) is 2.28. The molecule has 15 heavy (non-hydrogen) atoms. The van der Waals surface area contributed by atoms with Gasteiger partial charge in [0.2, 0.25) is 0 Å². The van der Waals surface area contributed by atoms with E-state index in [1.54, 1.807) is 12.1 Å². The Balaban J connectivity index is 1.91. The van der Waals surface area contributed by atoms with Crippen LogP contribution in [0.15, 0.2) is 24.3 Å². The van der Waals surface area contributed by atoms with Crippen LogP contribution < -0.4 is 16.4 Å². The Morgan fingerprint density at radius 2 is 2.13 bits per heavy atom. The smallest absolute Gasteiger partial charge is 0.319 e. The largest absolute Gasteiger partial charge is 0.334 e. The molecule has 1 saturated carbocycles. The Labute approximate surface area is 86.7 Å². The lowest BCUT2D eigenvalue weighted by Crippen LogP contribution is -2.33. The van der Waals surface area contributed by atoms with Crippen LogP contribution in [0.25, 0.3) is 0 Å². The van der Waals surface area contributed by atoms with Crippen molar-refractivity contribution < 1.29 is 9.18 Å². The Morgan fingerprint density at radius 1 is 1.47 bits per heavy atom. The van der Waals surface area contributed by atoms with Crippen LogP contribution in [-0.4, -0.2) is 18.1 Å². The normalized spacial score (nSPS) is 23.3. The molecule has 0 heterocycles. The van der Waals surface area contributed by atoms with E-state index in [2.05, 4.69) is 10.6 Å². The van der Waals surface area contributed by atoms with Crippen LogP contribution in [0.4, 0.5) is 14.9 Å². The van der Waals surface area contributed by atoms with Crippen LogP contribution in [-0.2, 0) is 0 Å². The molecule has 2 amide bonds. The number of halogens is 1. The van der Waals surface area contributed by atoms with Gasteiger partial charge in [-0.2, -0.15) is 0 Å². The molecule has 80 valence electrons. The molecule has 0 saturated heterocycles. The summed E-state index contributed by atoms with van der Waals surface area (Å²) >= 11 is 0. The SMILES string of the molecule is NC1CC1NC(=O)Nc1ccccc1F. The van der Waals surface area contributed by atoms with E-state index in [-0.39, 0.29) is 17.8 Å². The Kier molecular flexibility index (Phi) is 2.55. The standard InChI is InChI=1S/C10H12FN3O/c11-6-3-1-2-4-8(6)13-10(15)14-9-5-7(9)12/h1-4,7,9H,5,12H2,(H2,13,14,15). The third-order valence-corrected chi connectivity index (χ3v) is 2.28. The molecule has 1 aliphatic rings. The lowest BCUT2D eigenvalue weighted by atomic mass is 10.3. The van der Waals surface area contributed by atoms with Crippen molar-refractivity contribution in [3.63, 3.8) is 0 Å². The van der Waals surface area contributed by atoms with Gasteiger partial charge in [-0.25, -0.2) is 9.18 Å². The highest BCUT2D eigenvalue weighted by atomic mass is 19.1. The van der Waals surface area contributed by atoms with Crippen molar-refractivity contribution in [2.24, 2.45) is 5.73 Å². The molecule has 0 aliphatic heterocycles. The summed E-state index contributed by atoms with van der Waals surface area (Å²) < 4.78 is 13.1. The molecule has 2 atom stereocenters. The van der Waals surface area contributed by atoms with Crippen molar-refractivity contribution >= 4 is 11.7 Å². The fourth-order valence-corrected chi connectivity index (χ4v) is 1.27. The predicted molar refractivity (Wildman–Crippen MR) is 54.9 cm³/mol. The first-order valence-corrected chi connectivity index (χ1v) is 4.74. The molecular formula is C10H12FN3O. The number of nitrogens with two attached hydrogens (primary N) is 1. The second kappa shape index (κ2) is 3.86. The van der Waals surface area contributed by atoms with Gasteiger partial charge in [-0.1, -0.05) is 12.1 Å². The predicted octanol–water partition coefficient (Wildman–Crippen LogP) is 1.05. The number of nitrogens with one attached hydrogen (secondary N) is 2. The van der Waals surface area contributed by atoms with Crippen LogP contribution in [0, 0.1) is 5.82 Å². The number of carbonyl (C=O) groups excluding carboxylic acids is 1. The number of hydrogen-bond donors (Lipinski definition) is 3. The molecule has 4 N–H and O–H groups in total. The first-order valence-electron chi connectivity index (χ1n) is 4.74. The molecule has 0 radical (unpaired) electrons. The van der Waals surface area contributed by atoms with Crippen molar-refractivity contribution in [3.8, 4) is 0 Å². The van der Waals surface area contributed by atoms with Crippen molar-refractivity contribution in [2.45, 2.75) is 18.5 Å². The summed E-state index contributed by atoms with van der Waals surface area (Å²) in [7, 11) is 0. The van der Waals surface area contributed by atoms with Crippen LogP contribution in [0.5, 0.6) is 0 Å². The monoisotopic (exact) mass is 209 g/mol. The molecule has 2 rings (SSSR count). The molecule has 1 aliphatic carbocycles. The number of amides is 2. The van der Waals surface area contributed by atoms with Crippen LogP contribution in [0.1, 0.15) is 6.42 Å². The third kappa shape index (κ3) is 2.44. The molecule has 5 heteroatoms. The summed E-state index contributed by atoms with van der Waals surface area (Å²) in [5.41, 5.74) is 5.69. The van der Waals surface area contributed by atoms with Crippen LogP contribution in [0.3, 0.4) is 0 Å². The molecule has 2 unspecified atom stereocenters. The molecule has 1 fully saturated rings. The molecule has 0 bridgehead atoms. The number of benzene rings is 1. The van der Waals surface area contributed by atoms with Gasteiger partial charge in [0.1, 0.15) is 5.82 Å². The first-order chi connectivity index (χ1) is 7.16. The van der Waals surface area contributed by atoms with Gasteiger partial charge in [0.15, 0.2) is 0 Å². The van der Waals surface area contributed by atoms with Crippen LogP contribution in [0.2, 0.25) is 0 Å². The van der Waals surface area contributed by atoms with Gasteiger partial charge >= 0.3 is 6.03 Å². The number of para-hydroxylation sites is 1. The minimum absolute atomic E-state index is 0.0248. The van der Waals surface area contributed by atoms with Gasteiger partial charge in [0.05, 0.1) is 5.69 Å². The maximum absolute atomic E-state index is 13.1. The van der Waals surface area contributed by atoms with Crippen LogP contribution >= 0.6 is 0 Å². The fraction of sp³-hybridized carbons (Fsp3) is 0.300. The topological polar surface area (TPSA) is 67.1 Å². The maximum Gasteiger partial charge on any atom is 0.319 e. The first kappa shape index (κ1) is 9.92. The van der Waals surface area contributed by atoms with Crippen molar-refractivity contribution in [3.05, 3.63) is 30.1 Å².